The molecular formula is C21H24N8O6S. The normalized spacial score (nSPS) is 27.5. The SMILES string of the molecule is Nc1nc(/C(=N\O)C(=O)NC2C(=O)N3C(C(=O)O)=C(/C=C4\CCN(C5CCNC5)C4=O)CC[C@H]23)ns1. The monoisotopic (exact) mass is 516 g/mol. The molecule has 3 amide bonds. The number of likely N-dealkylation sites (tertiary alicyclic amines) is 1. The average molecular weight is 517 g/mol. The van der Waals surface area contributed by atoms with E-state index < -0.39 is 35.6 Å². The van der Waals surface area contributed by atoms with Gasteiger partial charge in [-0.05, 0) is 43.9 Å². The van der Waals surface area contributed by atoms with Crippen molar-refractivity contribution < 1.29 is 29.5 Å². The molecule has 3 fully saturated rings. The summed E-state index contributed by atoms with van der Waals surface area (Å²) in [5, 5.41) is 27.9. The van der Waals surface area contributed by atoms with Gasteiger partial charge in [-0.1, -0.05) is 5.16 Å². The Morgan fingerprint density at radius 2 is 2.08 bits per heavy atom. The zero-order chi connectivity index (χ0) is 25.6. The molecular weight excluding hydrogens is 492 g/mol. The number of carbonyl (C=O) groups is 4. The molecule has 4 aliphatic rings. The number of nitrogen functional groups attached to an aromatic ring is 1. The van der Waals surface area contributed by atoms with E-state index in [1.54, 1.807) is 6.08 Å². The minimum absolute atomic E-state index is 0.0683. The van der Waals surface area contributed by atoms with Crippen LogP contribution in [0.2, 0.25) is 0 Å². The van der Waals surface area contributed by atoms with Crippen LogP contribution >= 0.6 is 11.5 Å². The number of β-lactam (4-membered cyclic amide) rings is 1. The van der Waals surface area contributed by atoms with Gasteiger partial charge in [0.15, 0.2) is 5.13 Å². The second-order valence-electron chi connectivity index (χ2n) is 8.91. The number of nitrogens with one attached hydrogen (secondary N) is 2. The van der Waals surface area contributed by atoms with Crippen LogP contribution in [-0.4, -0.2) is 96.6 Å². The van der Waals surface area contributed by atoms with Gasteiger partial charge in [0.2, 0.25) is 17.4 Å². The molecule has 6 N–H and O–H groups in total. The lowest BCUT2D eigenvalue weighted by molar-refractivity contribution is -0.155. The van der Waals surface area contributed by atoms with Crippen LogP contribution in [-0.2, 0) is 19.2 Å². The van der Waals surface area contributed by atoms with Crippen molar-refractivity contribution in [2.75, 3.05) is 25.4 Å². The average Bonchev–Trinajstić information content (AvgIpc) is 3.60. The van der Waals surface area contributed by atoms with Crippen LogP contribution in [0.1, 0.15) is 31.5 Å². The smallest absolute Gasteiger partial charge is 0.352 e. The number of amides is 3. The van der Waals surface area contributed by atoms with Crippen LogP contribution in [0.25, 0.3) is 0 Å². The molecule has 1 aromatic rings. The minimum atomic E-state index is -1.29. The number of aliphatic carboxylic acids is 1. The first-order valence-corrected chi connectivity index (χ1v) is 12.2. The molecule has 1 aromatic heterocycles. The Labute approximate surface area is 208 Å². The van der Waals surface area contributed by atoms with E-state index in [0.29, 0.717) is 37.0 Å². The van der Waals surface area contributed by atoms with Crippen molar-refractivity contribution in [1.29, 1.82) is 0 Å². The number of carbonyl (C=O) groups excluding carboxylic acids is 3. The van der Waals surface area contributed by atoms with Gasteiger partial charge in [-0.25, -0.2) is 4.79 Å². The lowest BCUT2D eigenvalue weighted by Gasteiger charge is -2.50. The third kappa shape index (κ3) is 3.99. The minimum Gasteiger partial charge on any atom is -0.477 e. The third-order valence-corrected chi connectivity index (χ3v) is 7.46. The number of anilines is 1. The molecule has 190 valence electrons. The fourth-order valence-electron chi connectivity index (χ4n) is 5.20. The Morgan fingerprint density at radius 1 is 1.28 bits per heavy atom. The molecule has 3 atom stereocenters. The molecule has 5 heterocycles. The van der Waals surface area contributed by atoms with Crippen LogP contribution in [0.15, 0.2) is 28.1 Å². The maximum Gasteiger partial charge on any atom is 0.352 e. The number of allylic oxidation sites excluding steroid dienone is 2. The number of nitrogens with zero attached hydrogens (tertiary/aromatic N) is 5. The first-order chi connectivity index (χ1) is 17.3. The fourth-order valence-corrected chi connectivity index (χ4v) is 5.63. The summed E-state index contributed by atoms with van der Waals surface area (Å²) in [6.07, 6.45) is 3.70. The van der Waals surface area contributed by atoms with Crippen molar-refractivity contribution in [2.24, 2.45) is 5.16 Å². The molecule has 0 radical (unpaired) electrons. The number of nitrogens with two attached hydrogens (primary N) is 1. The van der Waals surface area contributed by atoms with Gasteiger partial charge in [0.25, 0.3) is 11.8 Å². The van der Waals surface area contributed by atoms with E-state index in [9.17, 15) is 29.5 Å². The van der Waals surface area contributed by atoms with Crippen molar-refractivity contribution >= 4 is 46.1 Å². The topological polar surface area (TPSA) is 203 Å². The largest absolute Gasteiger partial charge is 0.477 e. The van der Waals surface area contributed by atoms with Crippen LogP contribution in [0.4, 0.5) is 5.13 Å². The second-order valence-corrected chi connectivity index (χ2v) is 9.70. The van der Waals surface area contributed by atoms with E-state index in [4.69, 9.17) is 5.73 Å². The van der Waals surface area contributed by atoms with Gasteiger partial charge in [0, 0.05) is 36.2 Å². The molecule has 0 aliphatic carbocycles. The summed E-state index contributed by atoms with van der Waals surface area (Å²) in [6.45, 7) is 2.19. The first kappa shape index (κ1) is 23.9. The molecule has 2 unspecified atom stereocenters. The Morgan fingerprint density at radius 3 is 2.72 bits per heavy atom. The van der Waals surface area contributed by atoms with Gasteiger partial charge < -0.3 is 31.6 Å². The van der Waals surface area contributed by atoms with E-state index in [0.717, 1.165) is 35.9 Å². The van der Waals surface area contributed by atoms with Gasteiger partial charge in [0.05, 0.1) is 6.04 Å². The summed E-state index contributed by atoms with van der Waals surface area (Å²) in [7, 11) is 0. The fraction of sp³-hybridized carbons (Fsp3) is 0.476. The van der Waals surface area contributed by atoms with Crippen LogP contribution in [0.5, 0.6) is 0 Å². The second kappa shape index (κ2) is 9.31. The highest BCUT2D eigenvalue weighted by Crippen LogP contribution is 2.38. The Bertz CT molecular complexity index is 1230. The predicted octanol–water partition coefficient (Wildman–Crippen LogP) is -1.35. The molecule has 36 heavy (non-hydrogen) atoms. The highest BCUT2D eigenvalue weighted by atomic mass is 32.1. The molecule has 5 rings (SSSR count). The first-order valence-electron chi connectivity index (χ1n) is 11.4. The molecule has 0 aromatic carbocycles. The van der Waals surface area contributed by atoms with E-state index in [1.807, 2.05) is 4.90 Å². The molecule has 0 spiro atoms. The summed E-state index contributed by atoms with van der Waals surface area (Å²) in [6, 6.07) is -1.47. The van der Waals surface area contributed by atoms with E-state index >= 15 is 0 Å². The van der Waals surface area contributed by atoms with Crippen molar-refractivity contribution in [1.82, 2.24) is 29.8 Å². The Balaban J connectivity index is 1.33. The number of aromatic nitrogens is 2. The van der Waals surface area contributed by atoms with Gasteiger partial charge in [-0.2, -0.15) is 9.36 Å². The molecule has 0 bridgehead atoms. The van der Waals surface area contributed by atoms with Crippen molar-refractivity contribution in [3.63, 3.8) is 0 Å². The number of rotatable bonds is 6. The summed E-state index contributed by atoms with van der Waals surface area (Å²) < 4.78 is 3.82. The van der Waals surface area contributed by atoms with Gasteiger partial charge in [0.1, 0.15) is 11.7 Å². The van der Waals surface area contributed by atoms with Crippen molar-refractivity contribution in [3.05, 3.63) is 28.7 Å². The maximum absolute atomic E-state index is 12.9. The number of oxime groups is 1. The molecule has 3 saturated heterocycles. The zero-order valence-corrected chi connectivity index (χ0v) is 19.8. The summed E-state index contributed by atoms with van der Waals surface area (Å²) in [5.74, 6) is -3.07. The zero-order valence-electron chi connectivity index (χ0n) is 19.0. The van der Waals surface area contributed by atoms with E-state index in [2.05, 4.69) is 25.1 Å². The van der Waals surface area contributed by atoms with Crippen LogP contribution < -0.4 is 16.4 Å². The number of hydrogen-bond acceptors (Lipinski definition) is 11. The molecule has 0 saturated carbocycles. The molecule has 4 aliphatic heterocycles. The summed E-state index contributed by atoms with van der Waals surface area (Å²) in [4.78, 5) is 57.4. The van der Waals surface area contributed by atoms with Crippen LogP contribution in [0.3, 0.4) is 0 Å². The van der Waals surface area contributed by atoms with Crippen LogP contribution in [0, 0.1) is 0 Å². The lowest BCUT2D eigenvalue weighted by Crippen LogP contribution is -2.72. The highest BCUT2D eigenvalue weighted by Gasteiger charge is 2.53. The number of fused-ring (bicyclic) bond motifs is 1. The quantitative estimate of drug-likeness (QED) is 0.0988. The standard InChI is InChI=1S/C21H24N8O6S/c22-21-25-16(27-36-21)14(26-35)17(30)24-13-12-2-1-9(15(20(33)34)29(12)19(13)32)7-10-4-6-28(18(10)31)11-3-5-23-8-11/h7,11-13,23,35H,1-6,8H2,(H,24,30)(H,33,34)(H2,22,25,27)/b10-7+,26-14+/t11?,12-,13?/m1/s1. The van der Waals surface area contributed by atoms with Crippen molar-refractivity contribution in [3.8, 4) is 0 Å². The predicted molar refractivity (Wildman–Crippen MR) is 125 cm³/mol. The van der Waals surface area contributed by atoms with Gasteiger partial charge in [-0.3, -0.25) is 19.3 Å². The third-order valence-electron chi connectivity index (χ3n) is 6.91. The number of carboxylic acid groups (broad SMARTS) is 1. The molecule has 15 heteroatoms. The summed E-state index contributed by atoms with van der Waals surface area (Å²) in [5.41, 5.74) is 5.75. The van der Waals surface area contributed by atoms with E-state index in [-0.39, 0.29) is 28.6 Å². The highest BCUT2D eigenvalue weighted by molar-refractivity contribution is 7.09. The van der Waals surface area contributed by atoms with Crippen molar-refractivity contribution in [2.45, 2.75) is 43.8 Å². The number of carboxylic acids is 1. The molecule has 14 nitrogen and oxygen atoms in total. The maximum atomic E-state index is 12.9. The Kier molecular flexibility index (Phi) is 6.17. The number of hydrogen-bond donors (Lipinski definition) is 5. The van der Waals surface area contributed by atoms with Gasteiger partial charge in [-0.15, -0.1) is 0 Å². The lowest BCUT2D eigenvalue weighted by atomic mass is 9.83. The Hall–Kier alpha value is -3.85. The summed E-state index contributed by atoms with van der Waals surface area (Å²) >= 11 is 0.809. The van der Waals surface area contributed by atoms with Gasteiger partial charge >= 0.3 is 5.97 Å². The van der Waals surface area contributed by atoms with E-state index in [1.165, 1.54) is 0 Å².